The van der Waals surface area contributed by atoms with Gasteiger partial charge in [-0.25, -0.2) is 0 Å². The van der Waals surface area contributed by atoms with Gasteiger partial charge < -0.3 is 11.1 Å². The average molecular weight is 167 g/mol. The number of nitrogens with one attached hydrogen (secondary N) is 2. The first-order chi connectivity index (χ1) is 5.74. The quantitative estimate of drug-likeness (QED) is 0.579. The summed E-state index contributed by atoms with van der Waals surface area (Å²) in [6, 6.07) is 0.487. The van der Waals surface area contributed by atoms with Gasteiger partial charge in [-0.2, -0.15) is 0 Å². The SMILES string of the molecule is CC[C@@H](C)NC1NC=CC=C1N. The van der Waals surface area contributed by atoms with E-state index < -0.39 is 0 Å². The van der Waals surface area contributed by atoms with E-state index in [4.69, 9.17) is 5.73 Å². The van der Waals surface area contributed by atoms with Crippen LogP contribution in [-0.4, -0.2) is 12.2 Å². The minimum atomic E-state index is 0.102. The monoisotopic (exact) mass is 167 g/mol. The lowest BCUT2D eigenvalue weighted by Crippen LogP contribution is -2.48. The average Bonchev–Trinajstić information content (AvgIpc) is 2.09. The summed E-state index contributed by atoms with van der Waals surface area (Å²) in [4.78, 5) is 0. The van der Waals surface area contributed by atoms with E-state index >= 15 is 0 Å². The summed E-state index contributed by atoms with van der Waals surface area (Å²) in [7, 11) is 0. The second kappa shape index (κ2) is 4.16. The minimum absolute atomic E-state index is 0.102. The van der Waals surface area contributed by atoms with Crippen molar-refractivity contribution in [3.63, 3.8) is 0 Å². The molecule has 1 aliphatic heterocycles. The maximum atomic E-state index is 5.77. The first kappa shape index (κ1) is 9.13. The van der Waals surface area contributed by atoms with Crippen LogP contribution in [0.1, 0.15) is 20.3 Å². The first-order valence-corrected chi connectivity index (χ1v) is 4.38. The topological polar surface area (TPSA) is 50.1 Å². The molecule has 3 heteroatoms. The van der Waals surface area contributed by atoms with Crippen LogP contribution in [0.5, 0.6) is 0 Å². The van der Waals surface area contributed by atoms with Crippen LogP contribution in [0.15, 0.2) is 24.0 Å². The van der Waals surface area contributed by atoms with E-state index in [1.165, 1.54) is 0 Å². The number of dihydropyridines is 1. The smallest absolute Gasteiger partial charge is 0.118 e. The summed E-state index contributed by atoms with van der Waals surface area (Å²) in [5.41, 5.74) is 6.61. The van der Waals surface area contributed by atoms with Gasteiger partial charge in [-0.3, -0.25) is 5.32 Å². The highest BCUT2D eigenvalue weighted by Crippen LogP contribution is 2.00. The fourth-order valence-electron chi connectivity index (χ4n) is 1.05. The van der Waals surface area contributed by atoms with E-state index in [9.17, 15) is 0 Å². The molecule has 1 rings (SSSR count). The zero-order valence-corrected chi connectivity index (χ0v) is 7.67. The van der Waals surface area contributed by atoms with Gasteiger partial charge in [0, 0.05) is 11.7 Å². The number of allylic oxidation sites excluding steroid dienone is 2. The van der Waals surface area contributed by atoms with E-state index in [1.54, 1.807) is 0 Å². The van der Waals surface area contributed by atoms with E-state index in [2.05, 4.69) is 24.5 Å². The molecule has 0 aromatic carbocycles. The Morgan fingerprint density at radius 2 is 2.50 bits per heavy atom. The molecule has 0 aromatic heterocycles. The molecule has 0 amide bonds. The Hall–Kier alpha value is -0.960. The molecule has 0 saturated heterocycles. The van der Waals surface area contributed by atoms with Crippen molar-refractivity contribution in [2.45, 2.75) is 32.5 Å². The highest BCUT2D eigenvalue weighted by Gasteiger charge is 2.12. The van der Waals surface area contributed by atoms with Gasteiger partial charge in [0.2, 0.25) is 0 Å². The van der Waals surface area contributed by atoms with Crippen molar-refractivity contribution < 1.29 is 0 Å². The molecule has 0 radical (unpaired) electrons. The molecule has 0 fully saturated rings. The third-order valence-electron chi connectivity index (χ3n) is 2.04. The molecule has 1 unspecified atom stereocenters. The molecule has 0 aliphatic carbocycles. The Morgan fingerprint density at radius 3 is 3.08 bits per heavy atom. The van der Waals surface area contributed by atoms with Crippen LogP contribution in [0.25, 0.3) is 0 Å². The predicted molar refractivity (Wildman–Crippen MR) is 51.2 cm³/mol. The van der Waals surface area contributed by atoms with Crippen molar-refractivity contribution in [1.82, 2.24) is 10.6 Å². The maximum absolute atomic E-state index is 5.77. The van der Waals surface area contributed by atoms with Crippen LogP contribution < -0.4 is 16.4 Å². The molecule has 1 heterocycles. The van der Waals surface area contributed by atoms with Crippen molar-refractivity contribution in [1.29, 1.82) is 0 Å². The normalized spacial score (nSPS) is 24.5. The van der Waals surface area contributed by atoms with Gasteiger partial charge in [0.1, 0.15) is 6.17 Å². The second-order valence-corrected chi connectivity index (χ2v) is 3.10. The van der Waals surface area contributed by atoms with Crippen molar-refractivity contribution in [2.75, 3.05) is 0 Å². The zero-order valence-electron chi connectivity index (χ0n) is 7.67. The van der Waals surface area contributed by atoms with Crippen molar-refractivity contribution in [2.24, 2.45) is 5.73 Å². The van der Waals surface area contributed by atoms with E-state index in [-0.39, 0.29) is 6.17 Å². The zero-order chi connectivity index (χ0) is 8.97. The third kappa shape index (κ3) is 2.27. The van der Waals surface area contributed by atoms with Gasteiger partial charge in [-0.15, -0.1) is 0 Å². The molecule has 12 heavy (non-hydrogen) atoms. The van der Waals surface area contributed by atoms with Gasteiger partial charge in [0.05, 0.1) is 0 Å². The minimum Gasteiger partial charge on any atom is -0.399 e. The Bertz CT molecular complexity index is 196. The lowest BCUT2D eigenvalue weighted by Gasteiger charge is -2.25. The summed E-state index contributed by atoms with van der Waals surface area (Å²) in [6.07, 6.45) is 6.93. The van der Waals surface area contributed by atoms with Crippen LogP contribution in [0, 0.1) is 0 Å². The summed E-state index contributed by atoms with van der Waals surface area (Å²) in [6.45, 7) is 4.30. The highest BCUT2D eigenvalue weighted by molar-refractivity contribution is 5.19. The third-order valence-corrected chi connectivity index (χ3v) is 2.04. The number of nitrogens with two attached hydrogens (primary N) is 1. The predicted octanol–water partition coefficient (Wildman–Crippen LogP) is 0.660. The van der Waals surface area contributed by atoms with Crippen LogP contribution in [0.4, 0.5) is 0 Å². The summed E-state index contributed by atoms with van der Waals surface area (Å²) in [5.74, 6) is 0. The van der Waals surface area contributed by atoms with Gasteiger partial charge in [-0.05, 0) is 31.7 Å². The molecule has 68 valence electrons. The van der Waals surface area contributed by atoms with Crippen LogP contribution in [0.3, 0.4) is 0 Å². The Kier molecular flexibility index (Phi) is 3.17. The highest BCUT2D eigenvalue weighted by atomic mass is 15.1. The molecule has 4 N–H and O–H groups in total. The number of rotatable bonds is 3. The molecule has 0 spiro atoms. The standard InChI is InChI=1S/C9H17N3/c1-3-7(2)12-9-8(10)5-4-6-11-9/h4-7,9,11-12H,3,10H2,1-2H3/t7-,9?/m1/s1. The van der Waals surface area contributed by atoms with Crippen molar-refractivity contribution in [3.05, 3.63) is 24.0 Å². The summed E-state index contributed by atoms with van der Waals surface area (Å²) >= 11 is 0. The van der Waals surface area contributed by atoms with E-state index in [0.29, 0.717) is 6.04 Å². The van der Waals surface area contributed by atoms with Crippen molar-refractivity contribution >= 4 is 0 Å². The fourth-order valence-corrected chi connectivity index (χ4v) is 1.05. The van der Waals surface area contributed by atoms with Crippen LogP contribution in [0.2, 0.25) is 0 Å². The largest absolute Gasteiger partial charge is 0.399 e. The molecule has 3 nitrogen and oxygen atoms in total. The fraction of sp³-hybridized carbons (Fsp3) is 0.556. The molecule has 0 aromatic rings. The molecule has 0 bridgehead atoms. The second-order valence-electron chi connectivity index (χ2n) is 3.10. The summed E-state index contributed by atoms with van der Waals surface area (Å²) in [5, 5.41) is 6.51. The van der Waals surface area contributed by atoms with E-state index in [1.807, 2.05) is 18.4 Å². The van der Waals surface area contributed by atoms with Crippen LogP contribution >= 0.6 is 0 Å². The van der Waals surface area contributed by atoms with Crippen molar-refractivity contribution in [3.8, 4) is 0 Å². The Balaban J connectivity index is 2.43. The van der Waals surface area contributed by atoms with E-state index in [0.717, 1.165) is 12.1 Å². The van der Waals surface area contributed by atoms with Gasteiger partial charge in [0.25, 0.3) is 0 Å². The lowest BCUT2D eigenvalue weighted by molar-refractivity contribution is 0.440. The number of hydrogen-bond donors (Lipinski definition) is 3. The van der Waals surface area contributed by atoms with Gasteiger partial charge >= 0.3 is 0 Å². The lowest BCUT2D eigenvalue weighted by atomic mass is 10.2. The molecular formula is C9H17N3. The van der Waals surface area contributed by atoms with Gasteiger partial charge in [-0.1, -0.05) is 6.92 Å². The Labute approximate surface area is 73.7 Å². The maximum Gasteiger partial charge on any atom is 0.118 e. The molecule has 1 aliphatic rings. The molecule has 0 saturated carbocycles. The number of hydrogen-bond acceptors (Lipinski definition) is 3. The Morgan fingerprint density at radius 1 is 1.75 bits per heavy atom. The van der Waals surface area contributed by atoms with Crippen LogP contribution in [-0.2, 0) is 0 Å². The van der Waals surface area contributed by atoms with Gasteiger partial charge in [0.15, 0.2) is 0 Å². The molecule has 2 atom stereocenters. The molecular weight excluding hydrogens is 150 g/mol. The first-order valence-electron chi connectivity index (χ1n) is 4.38. The summed E-state index contributed by atoms with van der Waals surface area (Å²) < 4.78 is 0.